The van der Waals surface area contributed by atoms with Gasteiger partial charge < -0.3 is 10.2 Å². The molecule has 2 N–H and O–H groups in total. The Balaban J connectivity index is 1.76. The van der Waals surface area contributed by atoms with E-state index in [1.165, 1.54) is 6.07 Å². The molecule has 0 heterocycles. The first-order valence-corrected chi connectivity index (χ1v) is 6.27. The number of Topliss-reactive ketones (excluding diaryl/α,β-unsaturated/α-hetero) is 1. The SMILES string of the molecule is O=C(c1cccc(O)c1)C1CC1c1ccc(O)cc1. The van der Waals surface area contributed by atoms with Gasteiger partial charge in [0.25, 0.3) is 0 Å². The van der Waals surface area contributed by atoms with E-state index in [1.54, 1.807) is 30.3 Å². The average molecular weight is 254 g/mol. The number of carbonyl (C=O) groups is 1. The van der Waals surface area contributed by atoms with Crippen LogP contribution < -0.4 is 0 Å². The Hall–Kier alpha value is -2.29. The smallest absolute Gasteiger partial charge is 0.166 e. The van der Waals surface area contributed by atoms with Crippen LogP contribution in [0.25, 0.3) is 0 Å². The molecule has 0 amide bonds. The second kappa shape index (κ2) is 4.43. The first kappa shape index (κ1) is 11.8. The molecule has 1 saturated carbocycles. The lowest BCUT2D eigenvalue weighted by atomic mass is 10.0. The van der Waals surface area contributed by atoms with Gasteiger partial charge in [0.1, 0.15) is 11.5 Å². The van der Waals surface area contributed by atoms with Crippen molar-refractivity contribution in [1.82, 2.24) is 0 Å². The van der Waals surface area contributed by atoms with E-state index in [0.29, 0.717) is 5.56 Å². The topological polar surface area (TPSA) is 57.5 Å². The van der Waals surface area contributed by atoms with Crippen LogP contribution in [0.3, 0.4) is 0 Å². The van der Waals surface area contributed by atoms with Gasteiger partial charge in [0.05, 0.1) is 0 Å². The van der Waals surface area contributed by atoms with Crippen molar-refractivity contribution in [3.63, 3.8) is 0 Å². The normalized spacial score (nSPS) is 21.1. The van der Waals surface area contributed by atoms with Crippen LogP contribution in [0.2, 0.25) is 0 Å². The number of rotatable bonds is 3. The molecule has 1 aliphatic carbocycles. The van der Waals surface area contributed by atoms with Crippen LogP contribution in [0.5, 0.6) is 11.5 Å². The molecule has 2 aromatic carbocycles. The monoisotopic (exact) mass is 254 g/mol. The second-order valence-corrected chi connectivity index (χ2v) is 4.95. The van der Waals surface area contributed by atoms with Gasteiger partial charge in [-0.25, -0.2) is 0 Å². The van der Waals surface area contributed by atoms with Gasteiger partial charge in [-0.2, -0.15) is 0 Å². The van der Waals surface area contributed by atoms with Gasteiger partial charge in [0.15, 0.2) is 5.78 Å². The fraction of sp³-hybridized carbons (Fsp3) is 0.188. The summed E-state index contributed by atoms with van der Waals surface area (Å²) in [6.45, 7) is 0. The van der Waals surface area contributed by atoms with Gasteiger partial charge in [-0.15, -0.1) is 0 Å². The Labute approximate surface area is 111 Å². The van der Waals surface area contributed by atoms with Crippen LogP contribution in [-0.4, -0.2) is 16.0 Å². The molecule has 2 atom stereocenters. The molecule has 0 aliphatic heterocycles. The Morgan fingerprint density at radius 3 is 2.42 bits per heavy atom. The van der Waals surface area contributed by atoms with E-state index in [4.69, 9.17) is 0 Å². The molecule has 0 radical (unpaired) electrons. The molecule has 0 saturated heterocycles. The van der Waals surface area contributed by atoms with Gasteiger partial charge in [-0.1, -0.05) is 24.3 Å². The summed E-state index contributed by atoms with van der Waals surface area (Å²) < 4.78 is 0. The fourth-order valence-electron chi connectivity index (χ4n) is 2.45. The molecule has 0 aromatic heterocycles. The zero-order chi connectivity index (χ0) is 13.4. The Morgan fingerprint density at radius 2 is 1.74 bits per heavy atom. The van der Waals surface area contributed by atoms with E-state index in [2.05, 4.69) is 0 Å². The lowest BCUT2D eigenvalue weighted by molar-refractivity contribution is 0.0965. The van der Waals surface area contributed by atoms with Crippen LogP contribution in [0.4, 0.5) is 0 Å². The van der Waals surface area contributed by atoms with Crippen molar-refractivity contribution in [3.05, 3.63) is 59.7 Å². The number of carbonyl (C=O) groups excluding carboxylic acids is 1. The summed E-state index contributed by atoms with van der Waals surface area (Å²) in [7, 11) is 0. The number of phenolic OH excluding ortho intramolecular Hbond substituents is 2. The third-order valence-corrected chi connectivity index (χ3v) is 3.58. The predicted octanol–water partition coefficient (Wildman–Crippen LogP) is 3.08. The number of aromatic hydroxyl groups is 2. The van der Waals surface area contributed by atoms with Crippen LogP contribution in [-0.2, 0) is 0 Å². The zero-order valence-corrected chi connectivity index (χ0v) is 10.3. The third kappa shape index (κ3) is 2.32. The molecule has 3 heteroatoms. The Kier molecular flexibility index (Phi) is 2.75. The molecule has 0 bridgehead atoms. The standard InChI is InChI=1S/C16H14O3/c17-12-6-4-10(5-7-12)14-9-15(14)16(19)11-2-1-3-13(18)8-11/h1-8,14-15,17-18H,9H2. The van der Waals surface area contributed by atoms with Gasteiger partial charge in [-0.3, -0.25) is 4.79 Å². The summed E-state index contributed by atoms with van der Waals surface area (Å²) in [5, 5.41) is 18.6. The maximum absolute atomic E-state index is 12.2. The molecular weight excluding hydrogens is 240 g/mol. The van der Waals surface area contributed by atoms with Crippen molar-refractivity contribution in [2.45, 2.75) is 12.3 Å². The predicted molar refractivity (Wildman–Crippen MR) is 71.4 cm³/mol. The maximum Gasteiger partial charge on any atom is 0.166 e. The molecule has 3 nitrogen and oxygen atoms in total. The van der Waals surface area contributed by atoms with Crippen molar-refractivity contribution in [3.8, 4) is 11.5 Å². The highest BCUT2D eigenvalue weighted by Crippen LogP contribution is 2.49. The minimum Gasteiger partial charge on any atom is -0.508 e. The highest BCUT2D eigenvalue weighted by atomic mass is 16.3. The summed E-state index contributed by atoms with van der Waals surface area (Å²) >= 11 is 0. The molecule has 1 aliphatic rings. The van der Waals surface area contributed by atoms with Crippen LogP contribution in [0.1, 0.15) is 28.3 Å². The van der Waals surface area contributed by atoms with E-state index < -0.39 is 0 Å². The Bertz CT molecular complexity index is 616. The molecule has 19 heavy (non-hydrogen) atoms. The molecule has 96 valence electrons. The Morgan fingerprint density at radius 1 is 1.00 bits per heavy atom. The lowest BCUT2D eigenvalue weighted by Crippen LogP contribution is -2.02. The third-order valence-electron chi connectivity index (χ3n) is 3.58. The maximum atomic E-state index is 12.2. The number of phenols is 2. The van der Waals surface area contributed by atoms with E-state index in [0.717, 1.165) is 12.0 Å². The highest BCUT2D eigenvalue weighted by molar-refractivity contribution is 6.00. The molecule has 2 unspecified atom stereocenters. The lowest BCUT2D eigenvalue weighted by Gasteiger charge is -2.02. The molecule has 0 spiro atoms. The van der Waals surface area contributed by atoms with E-state index >= 15 is 0 Å². The van der Waals surface area contributed by atoms with Crippen LogP contribution in [0.15, 0.2) is 48.5 Å². The van der Waals surface area contributed by atoms with Gasteiger partial charge in [0.2, 0.25) is 0 Å². The largest absolute Gasteiger partial charge is 0.508 e. The van der Waals surface area contributed by atoms with Crippen LogP contribution >= 0.6 is 0 Å². The number of ketones is 1. The van der Waals surface area contributed by atoms with E-state index in [9.17, 15) is 15.0 Å². The summed E-state index contributed by atoms with van der Waals surface area (Å²) in [5.41, 5.74) is 1.64. The first-order chi connectivity index (χ1) is 9.15. The van der Waals surface area contributed by atoms with Crippen molar-refractivity contribution >= 4 is 5.78 Å². The van der Waals surface area contributed by atoms with Gasteiger partial charge in [0, 0.05) is 11.5 Å². The zero-order valence-electron chi connectivity index (χ0n) is 10.3. The van der Waals surface area contributed by atoms with Crippen molar-refractivity contribution in [2.75, 3.05) is 0 Å². The van der Waals surface area contributed by atoms with Gasteiger partial charge >= 0.3 is 0 Å². The molecular formula is C16H14O3. The van der Waals surface area contributed by atoms with Crippen molar-refractivity contribution < 1.29 is 15.0 Å². The minimum atomic E-state index is -0.00802. The average Bonchev–Trinajstić information content (AvgIpc) is 3.19. The summed E-state index contributed by atoms with van der Waals surface area (Å²) in [4.78, 5) is 12.2. The minimum absolute atomic E-state index is 0.00802. The summed E-state index contributed by atoms with van der Waals surface area (Å²) in [6.07, 6.45) is 0.833. The van der Waals surface area contributed by atoms with Crippen molar-refractivity contribution in [1.29, 1.82) is 0 Å². The quantitative estimate of drug-likeness (QED) is 0.827. The van der Waals surface area contributed by atoms with E-state index in [1.807, 2.05) is 12.1 Å². The summed E-state index contributed by atoms with van der Waals surface area (Å²) in [5.74, 6) is 0.656. The fourth-order valence-corrected chi connectivity index (χ4v) is 2.45. The number of hydrogen-bond donors (Lipinski definition) is 2. The molecule has 2 aromatic rings. The van der Waals surface area contributed by atoms with Gasteiger partial charge in [-0.05, 0) is 42.2 Å². The van der Waals surface area contributed by atoms with Crippen molar-refractivity contribution in [2.24, 2.45) is 5.92 Å². The highest BCUT2D eigenvalue weighted by Gasteiger charge is 2.43. The first-order valence-electron chi connectivity index (χ1n) is 6.27. The molecule has 1 fully saturated rings. The van der Waals surface area contributed by atoms with Crippen LogP contribution in [0, 0.1) is 5.92 Å². The van der Waals surface area contributed by atoms with E-state index in [-0.39, 0.29) is 29.1 Å². The second-order valence-electron chi connectivity index (χ2n) is 4.95. The molecule has 3 rings (SSSR count). The number of hydrogen-bond acceptors (Lipinski definition) is 3. The number of benzene rings is 2. The summed E-state index contributed by atoms with van der Waals surface area (Å²) in [6, 6.07) is 13.5.